The van der Waals surface area contributed by atoms with Gasteiger partial charge in [-0.05, 0) is 98.2 Å². The van der Waals surface area contributed by atoms with Crippen LogP contribution in [0, 0.1) is 24.1 Å². The maximum Gasteiger partial charge on any atom is 0.356 e. The first-order valence-corrected chi connectivity index (χ1v) is 19.8. The van der Waals surface area contributed by atoms with Crippen LogP contribution in [-0.2, 0) is 40.2 Å². The minimum absolute atomic E-state index is 0.126. The molecule has 0 amide bonds. The number of hydrogen-bond acceptors (Lipinski definition) is 9. The number of nitriles is 1. The fraction of sp³-hybridized carbons (Fsp3) is 0.326. The van der Waals surface area contributed by atoms with E-state index in [9.17, 15) is 14.4 Å². The number of aromatic nitrogens is 3. The SMILES string of the molecule is COC(=O)c1c(C#N)c2c(-c3c(COC4CCCCO4)nn(C)c3C)c(Cl)ccc2n1CCCOc1cc(SCc2ccc(OC)cc2)cc2cc(F)ccc12. The van der Waals surface area contributed by atoms with Crippen LogP contribution in [0.15, 0.2) is 71.6 Å². The number of fused-ring (bicyclic) bond motifs is 2. The molecular weight excluding hydrogens is 755 g/mol. The molecule has 56 heavy (non-hydrogen) atoms. The van der Waals surface area contributed by atoms with Crippen molar-refractivity contribution in [1.29, 1.82) is 5.26 Å². The number of carbonyl (C=O) groups is 1. The Kier molecular flexibility index (Phi) is 12.2. The number of carbonyl (C=O) groups excluding carboxylic acids is 1. The summed E-state index contributed by atoms with van der Waals surface area (Å²) >= 11 is 8.62. The van der Waals surface area contributed by atoms with Crippen molar-refractivity contribution in [2.45, 2.75) is 62.7 Å². The van der Waals surface area contributed by atoms with Gasteiger partial charge in [0.15, 0.2) is 6.29 Å². The summed E-state index contributed by atoms with van der Waals surface area (Å²) in [7, 11) is 4.78. The van der Waals surface area contributed by atoms with Gasteiger partial charge in [-0.15, -0.1) is 11.8 Å². The number of thioether (sulfide) groups is 1. The molecule has 2 aromatic heterocycles. The highest BCUT2D eigenvalue weighted by molar-refractivity contribution is 7.98. The van der Waals surface area contributed by atoms with Gasteiger partial charge < -0.3 is 28.3 Å². The van der Waals surface area contributed by atoms with Crippen LogP contribution in [-0.4, -0.2) is 54.0 Å². The topological polar surface area (TPSA) is 110 Å². The van der Waals surface area contributed by atoms with Crippen molar-refractivity contribution in [3.8, 4) is 28.7 Å². The number of hydrogen-bond donors (Lipinski definition) is 0. The number of methoxy groups -OCH3 is 2. The summed E-state index contributed by atoms with van der Waals surface area (Å²) in [6.07, 6.45) is 2.97. The third-order valence-electron chi connectivity index (χ3n) is 10.1. The van der Waals surface area contributed by atoms with Gasteiger partial charge >= 0.3 is 5.97 Å². The van der Waals surface area contributed by atoms with E-state index in [1.165, 1.54) is 19.2 Å². The van der Waals surface area contributed by atoms with Crippen LogP contribution in [0.2, 0.25) is 5.02 Å². The fourth-order valence-electron chi connectivity index (χ4n) is 7.21. The molecule has 1 atom stereocenters. The summed E-state index contributed by atoms with van der Waals surface area (Å²) in [5.41, 5.74) is 4.85. The smallest absolute Gasteiger partial charge is 0.356 e. The molecule has 7 rings (SSSR count). The molecule has 290 valence electrons. The molecule has 3 heterocycles. The predicted molar refractivity (Wildman–Crippen MR) is 215 cm³/mol. The molecule has 0 aliphatic carbocycles. The van der Waals surface area contributed by atoms with E-state index in [2.05, 4.69) is 6.07 Å². The van der Waals surface area contributed by atoms with Crippen molar-refractivity contribution in [3.05, 3.63) is 106 Å². The summed E-state index contributed by atoms with van der Waals surface area (Å²) in [6, 6.07) is 22.4. The number of nitrogens with zero attached hydrogens (tertiary/aromatic N) is 4. The van der Waals surface area contributed by atoms with Crippen LogP contribution in [0.1, 0.15) is 58.7 Å². The summed E-state index contributed by atoms with van der Waals surface area (Å²) < 4.78 is 46.8. The van der Waals surface area contributed by atoms with Crippen LogP contribution in [0.3, 0.4) is 0 Å². The van der Waals surface area contributed by atoms with Gasteiger partial charge in [-0.25, -0.2) is 9.18 Å². The zero-order chi connectivity index (χ0) is 39.3. The molecule has 0 N–H and O–H groups in total. The van der Waals surface area contributed by atoms with E-state index in [1.54, 1.807) is 40.3 Å². The number of benzene rings is 4. The molecule has 0 spiro atoms. The maximum atomic E-state index is 14.4. The lowest BCUT2D eigenvalue weighted by Gasteiger charge is -2.22. The highest BCUT2D eigenvalue weighted by atomic mass is 35.5. The van der Waals surface area contributed by atoms with E-state index >= 15 is 0 Å². The third kappa shape index (κ3) is 8.09. The molecular formula is C43H42ClFN4O6S. The lowest BCUT2D eigenvalue weighted by Crippen LogP contribution is -2.22. The minimum atomic E-state index is -0.642. The first-order chi connectivity index (χ1) is 27.2. The van der Waals surface area contributed by atoms with Crippen LogP contribution in [0.4, 0.5) is 4.39 Å². The van der Waals surface area contributed by atoms with E-state index in [1.807, 2.05) is 56.4 Å². The van der Waals surface area contributed by atoms with Crippen molar-refractivity contribution < 1.29 is 32.9 Å². The van der Waals surface area contributed by atoms with E-state index in [0.717, 1.165) is 57.5 Å². The molecule has 1 aliphatic heterocycles. The average Bonchev–Trinajstić information content (AvgIpc) is 3.69. The van der Waals surface area contributed by atoms with E-state index in [4.69, 9.17) is 40.4 Å². The van der Waals surface area contributed by atoms with Gasteiger partial charge in [-0.2, -0.15) is 10.4 Å². The Morgan fingerprint density at radius 3 is 2.64 bits per heavy atom. The monoisotopic (exact) mass is 796 g/mol. The van der Waals surface area contributed by atoms with Crippen molar-refractivity contribution in [1.82, 2.24) is 14.3 Å². The van der Waals surface area contributed by atoms with Crippen molar-refractivity contribution in [2.75, 3.05) is 27.4 Å². The summed E-state index contributed by atoms with van der Waals surface area (Å²) in [6.45, 7) is 3.36. The Labute approximate surface area is 334 Å². The van der Waals surface area contributed by atoms with Crippen LogP contribution >= 0.6 is 23.4 Å². The Balaban J connectivity index is 1.18. The van der Waals surface area contributed by atoms with E-state index < -0.39 is 5.97 Å². The normalized spacial score (nSPS) is 14.3. The molecule has 0 bridgehead atoms. The molecule has 1 aliphatic rings. The first-order valence-electron chi connectivity index (χ1n) is 18.4. The summed E-state index contributed by atoms with van der Waals surface area (Å²) in [5, 5.41) is 17.8. The number of esters is 1. The van der Waals surface area contributed by atoms with Crippen LogP contribution < -0.4 is 9.47 Å². The van der Waals surface area contributed by atoms with Crippen molar-refractivity contribution in [3.63, 3.8) is 0 Å². The molecule has 1 unspecified atom stereocenters. The van der Waals surface area contributed by atoms with Gasteiger partial charge in [0.05, 0.1) is 44.2 Å². The number of ether oxygens (including phenoxy) is 5. The predicted octanol–water partition coefficient (Wildman–Crippen LogP) is 9.77. The molecule has 13 heteroatoms. The van der Waals surface area contributed by atoms with E-state index in [-0.39, 0.29) is 36.6 Å². The zero-order valence-electron chi connectivity index (χ0n) is 31.7. The molecule has 6 aromatic rings. The summed E-state index contributed by atoms with van der Waals surface area (Å²) in [5.74, 6) is 1.15. The third-order valence-corrected chi connectivity index (χ3v) is 11.4. The van der Waals surface area contributed by atoms with E-state index in [0.29, 0.717) is 58.3 Å². The Morgan fingerprint density at radius 1 is 1.09 bits per heavy atom. The quantitative estimate of drug-likeness (QED) is 0.0605. The Morgan fingerprint density at radius 2 is 1.91 bits per heavy atom. The highest BCUT2D eigenvalue weighted by Crippen LogP contribution is 2.43. The molecule has 10 nitrogen and oxygen atoms in total. The molecule has 4 aromatic carbocycles. The van der Waals surface area contributed by atoms with Gasteiger partial charge in [0.25, 0.3) is 0 Å². The van der Waals surface area contributed by atoms with Crippen molar-refractivity contribution in [2.24, 2.45) is 7.05 Å². The second-order valence-corrected chi connectivity index (χ2v) is 15.0. The zero-order valence-corrected chi connectivity index (χ0v) is 33.3. The van der Waals surface area contributed by atoms with Gasteiger partial charge in [0.1, 0.15) is 29.1 Å². The number of rotatable bonds is 14. The fourth-order valence-corrected chi connectivity index (χ4v) is 8.38. The molecule has 1 fully saturated rings. The lowest BCUT2D eigenvalue weighted by atomic mass is 9.96. The van der Waals surface area contributed by atoms with Crippen molar-refractivity contribution >= 4 is 51.0 Å². The largest absolute Gasteiger partial charge is 0.497 e. The molecule has 1 saturated heterocycles. The van der Waals surface area contributed by atoms with Gasteiger partial charge in [0, 0.05) is 63.5 Å². The van der Waals surface area contributed by atoms with Crippen LogP contribution in [0.5, 0.6) is 11.5 Å². The Bertz CT molecular complexity index is 2430. The van der Waals surface area contributed by atoms with Crippen LogP contribution in [0.25, 0.3) is 32.8 Å². The molecule has 0 radical (unpaired) electrons. The van der Waals surface area contributed by atoms with Gasteiger partial charge in [-0.1, -0.05) is 23.7 Å². The standard InChI is InChI=1S/C43H42ClFN4O6S/c1-26-39(35(47-48(26)2)24-55-38-8-5-6-18-54-38)41-34(44)15-16-36-40(41)33(23-46)42(43(50)52-4)49(36)17-7-19-53-37-22-31(21-28-20-29(45)11-14-32(28)37)56-25-27-9-12-30(51-3)13-10-27/h9-16,20-22,38H,5-8,17-19,24-25H2,1-4H3. The Hall–Kier alpha value is -5.06. The minimum Gasteiger partial charge on any atom is -0.497 e. The highest BCUT2D eigenvalue weighted by Gasteiger charge is 2.30. The average molecular weight is 797 g/mol. The summed E-state index contributed by atoms with van der Waals surface area (Å²) in [4.78, 5) is 14.4. The number of aryl methyl sites for hydroxylation is 2. The van der Waals surface area contributed by atoms with Gasteiger partial charge in [-0.3, -0.25) is 4.68 Å². The maximum absolute atomic E-state index is 14.4. The number of halogens is 2. The van der Waals surface area contributed by atoms with Gasteiger partial charge in [0.2, 0.25) is 0 Å². The second-order valence-electron chi connectivity index (χ2n) is 13.6. The first kappa shape index (κ1) is 39.2. The molecule has 0 saturated carbocycles. The second kappa shape index (κ2) is 17.4. The lowest BCUT2D eigenvalue weighted by molar-refractivity contribution is -0.169.